The van der Waals surface area contributed by atoms with Crippen LogP contribution in [0.2, 0.25) is 5.02 Å². The van der Waals surface area contributed by atoms with Crippen molar-refractivity contribution >= 4 is 24.0 Å². The predicted octanol–water partition coefficient (Wildman–Crippen LogP) is 2.57. The van der Waals surface area contributed by atoms with Crippen molar-refractivity contribution < 1.29 is 19.1 Å². The van der Waals surface area contributed by atoms with Gasteiger partial charge in [0.1, 0.15) is 12.1 Å². The molecule has 0 aliphatic carbocycles. The molecule has 7 heteroatoms. The number of aldehydes is 1. The lowest BCUT2D eigenvalue weighted by Gasteiger charge is -2.17. The van der Waals surface area contributed by atoms with Gasteiger partial charge < -0.3 is 20.5 Å². The molecule has 3 N–H and O–H groups in total. The Morgan fingerprint density at radius 1 is 1.48 bits per heavy atom. The van der Waals surface area contributed by atoms with Crippen LogP contribution in [0.4, 0.5) is 9.18 Å². The number of amides is 1. The molecule has 0 bridgehead atoms. The number of carbonyl (C=O) groups excluding carboxylic acids is 1. The lowest BCUT2D eigenvalue weighted by Crippen LogP contribution is -2.41. The van der Waals surface area contributed by atoms with E-state index in [9.17, 15) is 14.0 Å². The summed E-state index contributed by atoms with van der Waals surface area (Å²) in [4.78, 5) is 21.0. The number of hydrogen-bond acceptors (Lipinski definition) is 3. The van der Waals surface area contributed by atoms with E-state index in [1.54, 1.807) is 12.1 Å². The van der Waals surface area contributed by atoms with E-state index in [1.165, 1.54) is 6.07 Å². The van der Waals surface area contributed by atoms with Crippen molar-refractivity contribution in [1.82, 2.24) is 10.6 Å². The van der Waals surface area contributed by atoms with Crippen LogP contribution in [0.5, 0.6) is 0 Å². The van der Waals surface area contributed by atoms with Crippen molar-refractivity contribution in [3.05, 3.63) is 34.6 Å². The Balaban J connectivity index is 2.46. The fourth-order valence-corrected chi connectivity index (χ4v) is 2.11. The summed E-state index contributed by atoms with van der Waals surface area (Å²) in [5, 5.41) is 14.2. The highest BCUT2D eigenvalue weighted by Crippen LogP contribution is 2.17. The Labute approximate surface area is 127 Å². The van der Waals surface area contributed by atoms with E-state index < -0.39 is 11.9 Å². The molecule has 0 spiro atoms. The number of rotatable bonds is 9. The molecule has 21 heavy (non-hydrogen) atoms. The maximum atomic E-state index is 13.7. The van der Waals surface area contributed by atoms with Gasteiger partial charge in [0.05, 0.1) is 5.02 Å². The number of benzene rings is 1. The van der Waals surface area contributed by atoms with Gasteiger partial charge in [-0.15, -0.1) is 0 Å². The monoisotopic (exact) mass is 316 g/mol. The third kappa shape index (κ3) is 6.55. The normalized spacial score (nSPS) is 11.9. The van der Waals surface area contributed by atoms with Gasteiger partial charge in [0, 0.05) is 31.1 Å². The Kier molecular flexibility index (Phi) is 7.71. The summed E-state index contributed by atoms with van der Waals surface area (Å²) in [7, 11) is 0. The summed E-state index contributed by atoms with van der Waals surface area (Å²) in [5.74, 6) is -0.477. The third-order valence-corrected chi connectivity index (χ3v) is 3.23. The molecule has 116 valence electrons. The summed E-state index contributed by atoms with van der Waals surface area (Å²) in [6.45, 7) is 0.592. The fraction of sp³-hybridized carbons (Fsp3) is 0.429. The number of carboxylic acid groups (broad SMARTS) is 1. The van der Waals surface area contributed by atoms with Crippen molar-refractivity contribution in [2.75, 3.05) is 6.54 Å². The van der Waals surface area contributed by atoms with Crippen molar-refractivity contribution in [1.29, 1.82) is 0 Å². The summed E-state index contributed by atoms with van der Waals surface area (Å²) in [5.41, 5.74) is 0.421. The Bertz CT molecular complexity index is 485. The maximum Gasteiger partial charge on any atom is 0.404 e. The van der Waals surface area contributed by atoms with Gasteiger partial charge >= 0.3 is 6.09 Å². The summed E-state index contributed by atoms with van der Waals surface area (Å²) in [6, 6.07) is 4.40. The second-order valence-electron chi connectivity index (χ2n) is 4.59. The van der Waals surface area contributed by atoms with E-state index in [0.717, 1.165) is 6.29 Å². The minimum absolute atomic E-state index is 0.0560. The van der Waals surface area contributed by atoms with E-state index >= 15 is 0 Å². The van der Waals surface area contributed by atoms with Gasteiger partial charge in [-0.3, -0.25) is 0 Å². The van der Waals surface area contributed by atoms with Crippen molar-refractivity contribution in [2.45, 2.75) is 31.8 Å². The first-order valence-electron chi connectivity index (χ1n) is 6.61. The Morgan fingerprint density at radius 3 is 2.90 bits per heavy atom. The van der Waals surface area contributed by atoms with Crippen LogP contribution in [0.25, 0.3) is 0 Å². The molecule has 0 saturated heterocycles. The molecule has 0 aromatic heterocycles. The quantitative estimate of drug-likeness (QED) is 0.483. The standard InChI is InChI=1S/C14H18ClFN2O3/c15-12-6-3-4-10(13(12)16)8-17-9-11(18-14(20)21)5-1-2-7-19/h3-4,6-7,11,17-18H,1-2,5,8-9H2,(H,20,21). The van der Waals surface area contributed by atoms with Crippen molar-refractivity contribution in [3.63, 3.8) is 0 Å². The average Bonchev–Trinajstić information content (AvgIpc) is 2.43. The number of carbonyl (C=O) groups is 2. The minimum atomic E-state index is -1.12. The topological polar surface area (TPSA) is 78.4 Å². The molecule has 1 rings (SSSR count). The van der Waals surface area contributed by atoms with Crippen LogP contribution in [-0.2, 0) is 11.3 Å². The van der Waals surface area contributed by atoms with Gasteiger partial charge in [-0.1, -0.05) is 23.7 Å². The first kappa shape index (κ1) is 17.4. The van der Waals surface area contributed by atoms with E-state index in [2.05, 4.69) is 10.6 Å². The largest absolute Gasteiger partial charge is 0.465 e. The summed E-state index contributed by atoms with van der Waals surface area (Å²) in [6.07, 6.45) is 1.20. The van der Waals surface area contributed by atoms with Gasteiger partial charge in [0.25, 0.3) is 0 Å². The highest BCUT2D eigenvalue weighted by molar-refractivity contribution is 6.30. The van der Waals surface area contributed by atoms with Gasteiger partial charge in [-0.25, -0.2) is 9.18 Å². The van der Waals surface area contributed by atoms with Gasteiger partial charge in [0.2, 0.25) is 0 Å². The predicted molar refractivity (Wildman–Crippen MR) is 78.0 cm³/mol. The van der Waals surface area contributed by atoms with Crippen LogP contribution in [0.1, 0.15) is 24.8 Å². The molecule has 1 amide bonds. The molecule has 1 atom stereocenters. The van der Waals surface area contributed by atoms with E-state index in [-0.39, 0.29) is 17.6 Å². The molecule has 5 nitrogen and oxygen atoms in total. The number of unbranched alkanes of at least 4 members (excludes halogenated alkanes) is 1. The Hall–Kier alpha value is -1.66. The smallest absolute Gasteiger partial charge is 0.404 e. The minimum Gasteiger partial charge on any atom is -0.465 e. The zero-order valence-electron chi connectivity index (χ0n) is 11.4. The SMILES string of the molecule is O=CCCCC(CNCc1cccc(Cl)c1F)NC(=O)O. The molecule has 1 aromatic rings. The molecule has 1 unspecified atom stereocenters. The molecule has 0 aliphatic heterocycles. The zero-order chi connectivity index (χ0) is 15.7. The molecule has 1 aromatic carbocycles. The van der Waals surface area contributed by atoms with Crippen molar-refractivity contribution in [2.24, 2.45) is 0 Å². The highest BCUT2D eigenvalue weighted by atomic mass is 35.5. The van der Waals surface area contributed by atoms with Crippen LogP contribution in [-0.4, -0.2) is 30.1 Å². The number of hydrogen-bond donors (Lipinski definition) is 3. The lowest BCUT2D eigenvalue weighted by atomic mass is 10.1. The second kappa shape index (κ2) is 9.31. The van der Waals surface area contributed by atoms with E-state index in [1.807, 2.05) is 0 Å². The molecule has 0 saturated carbocycles. The first-order chi connectivity index (χ1) is 10.0. The van der Waals surface area contributed by atoms with Crippen LogP contribution >= 0.6 is 11.6 Å². The third-order valence-electron chi connectivity index (χ3n) is 2.94. The second-order valence-corrected chi connectivity index (χ2v) is 5.00. The molecule has 0 radical (unpaired) electrons. The van der Waals surface area contributed by atoms with Crippen LogP contribution in [0.15, 0.2) is 18.2 Å². The van der Waals surface area contributed by atoms with E-state index in [0.29, 0.717) is 31.4 Å². The highest BCUT2D eigenvalue weighted by Gasteiger charge is 2.12. The summed E-state index contributed by atoms with van der Waals surface area (Å²) < 4.78 is 13.7. The van der Waals surface area contributed by atoms with E-state index in [4.69, 9.17) is 16.7 Å². The lowest BCUT2D eigenvalue weighted by molar-refractivity contribution is -0.107. The average molecular weight is 317 g/mol. The molecule has 0 fully saturated rings. The van der Waals surface area contributed by atoms with Gasteiger partial charge in [0.15, 0.2) is 0 Å². The van der Waals surface area contributed by atoms with Crippen LogP contribution < -0.4 is 10.6 Å². The molecular formula is C14H18ClFN2O3. The van der Waals surface area contributed by atoms with Crippen LogP contribution in [0, 0.1) is 5.82 Å². The molecular weight excluding hydrogens is 299 g/mol. The van der Waals surface area contributed by atoms with Gasteiger partial charge in [-0.2, -0.15) is 0 Å². The molecule has 0 aliphatic rings. The fourth-order valence-electron chi connectivity index (χ4n) is 1.91. The zero-order valence-corrected chi connectivity index (χ0v) is 12.2. The molecule has 0 heterocycles. The van der Waals surface area contributed by atoms with Crippen LogP contribution in [0.3, 0.4) is 0 Å². The maximum absolute atomic E-state index is 13.7. The number of halogens is 2. The Morgan fingerprint density at radius 2 is 2.24 bits per heavy atom. The summed E-state index contributed by atoms with van der Waals surface area (Å²) >= 11 is 5.68. The number of nitrogens with one attached hydrogen (secondary N) is 2. The van der Waals surface area contributed by atoms with Gasteiger partial charge in [-0.05, 0) is 18.9 Å². The first-order valence-corrected chi connectivity index (χ1v) is 6.99. The van der Waals surface area contributed by atoms with Crippen molar-refractivity contribution in [3.8, 4) is 0 Å².